The number of benzene rings is 2. The number of hydrogen-bond acceptors (Lipinski definition) is 4. The van der Waals surface area contributed by atoms with Crippen molar-refractivity contribution in [2.45, 2.75) is 25.4 Å². The Kier molecular flexibility index (Phi) is 6.84. The van der Waals surface area contributed by atoms with Crippen LogP contribution < -0.4 is 5.32 Å². The van der Waals surface area contributed by atoms with Crippen LogP contribution in [0.2, 0.25) is 0 Å². The maximum atomic E-state index is 13.1. The van der Waals surface area contributed by atoms with Gasteiger partial charge in [0.15, 0.2) is 5.60 Å². The molecule has 1 fully saturated rings. The van der Waals surface area contributed by atoms with Gasteiger partial charge in [-0.2, -0.15) is 0 Å². The van der Waals surface area contributed by atoms with Gasteiger partial charge in [-0.25, -0.2) is 0 Å². The standard InChI is InChI=1S/C27H29N3O3/c1-20-5-3-6-21(15-20)17-25(31)30-13-14-33-27(19-30,26(32)28-2)18-22-7-4-8-24(16-22)23-9-11-29-12-10-23/h3-12,15-16H,13-14,17-19H2,1-2H3,(H,28,32)/t27-/m0/s1. The number of aromatic nitrogens is 1. The van der Waals surface area contributed by atoms with Crippen LogP contribution in [0, 0.1) is 6.92 Å². The van der Waals surface area contributed by atoms with Crippen LogP contribution in [0.5, 0.6) is 0 Å². The molecule has 6 heteroatoms. The molecule has 0 bridgehead atoms. The first-order chi connectivity index (χ1) is 16.0. The number of carbonyl (C=O) groups excluding carboxylic acids is 2. The van der Waals surface area contributed by atoms with Crippen LogP contribution in [0.25, 0.3) is 11.1 Å². The number of likely N-dealkylation sites (N-methyl/N-ethyl adjacent to an activating group) is 1. The lowest BCUT2D eigenvalue weighted by Crippen LogP contribution is -2.61. The summed E-state index contributed by atoms with van der Waals surface area (Å²) in [5.74, 6) is -0.215. The average molecular weight is 444 g/mol. The summed E-state index contributed by atoms with van der Waals surface area (Å²) in [6.45, 7) is 3.02. The van der Waals surface area contributed by atoms with Crippen LogP contribution in [0.4, 0.5) is 0 Å². The Balaban J connectivity index is 1.56. The number of hydrogen-bond donors (Lipinski definition) is 1. The van der Waals surface area contributed by atoms with Gasteiger partial charge < -0.3 is 15.0 Å². The molecule has 170 valence electrons. The first kappa shape index (κ1) is 22.7. The molecule has 1 aromatic heterocycles. The zero-order chi connectivity index (χ0) is 23.3. The first-order valence-electron chi connectivity index (χ1n) is 11.2. The molecule has 4 rings (SSSR count). The predicted molar refractivity (Wildman–Crippen MR) is 128 cm³/mol. The van der Waals surface area contributed by atoms with E-state index in [1.54, 1.807) is 24.3 Å². The van der Waals surface area contributed by atoms with Gasteiger partial charge >= 0.3 is 0 Å². The fourth-order valence-corrected chi connectivity index (χ4v) is 4.39. The molecule has 0 saturated carbocycles. The second-order valence-electron chi connectivity index (χ2n) is 8.52. The van der Waals surface area contributed by atoms with Crippen LogP contribution in [-0.2, 0) is 27.2 Å². The third-order valence-corrected chi connectivity index (χ3v) is 6.05. The van der Waals surface area contributed by atoms with E-state index in [1.807, 2.05) is 61.5 Å². The molecule has 2 aromatic carbocycles. The second-order valence-corrected chi connectivity index (χ2v) is 8.52. The van der Waals surface area contributed by atoms with Gasteiger partial charge in [-0.3, -0.25) is 14.6 Å². The zero-order valence-electron chi connectivity index (χ0n) is 19.1. The maximum Gasteiger partial charge on any atom is 0.254 e. The maximum absolute atomic E-state index is 13.1. The lowest BCUT2D eigenvalue weighted by Gasteiger charge is -2.41. The van der Waals surface area contributed by atoms with E-state index >= 15 is 0 Å². The number of pyridine rings is 1. The fourth-order valence-electron chi connectivity index (χ4n) is 4.39. The van der Waals surface area contributed by atoms with Crippen LogP contribution in [0.3, 0.4) is 0 Å². The van der Waals surface area contributed by atoms with Gasteiger partial charge in [0.25, 0.3) is 5.91 Å². The van der Waals surface area contributed by atoms with Crippen molar-refractivity contribution in [2.75, 3.05) is 26.7 Å². The highest BCUT2D eigenvalue weighted by molar-refractivity contribution is 5.87. The van der Waals surface area contributed by atoms with Gasteiger partial charge in [0.1, 0.15) is 0 Å². The second kappa shape index (κ2) is 9.96. The van der Waals surface area contributed by atoms with Gasteiger partial charge in [0.2, 0.25) is 5.91 Å². The summed E-state index contributed by atoms with van der Waals surface area (Å²) >= 11 is 0. The first-order valence-corrected chi connectivity index (χ1v) is 11.2. The number of carbonyl (C=O) groups is 2. The highest BCUT2D eigenvalue weighted by Gasteiger charge is 2.44. The molecular formula is C27H29N3O3. The van der Waals surface area contributed by atoms with E-state index in [4.69, 9.17) is 4.74 Å². The molecule has 33 heavy (non-hydrogen) atoms. The largest absolute Gasteiger partial charge is 0.361 e. The molecule has 1 aliphatic heterocycles. The molecule has 3 aromatic rings. The van der Waals surface area contributed by atoms with Crippen LogP contribution in [0.1, 0.15) is 16.7 Å². The molecule has 1 saturated heterocycles. The third-order valence-electron chi connectivity index (χ3n) is 6.05. The van der Waals surface area contributed by atoms with Crippen molar-refractivity contribution < 1.29 is 14.3 Å². The predicted octanol–water partition coefficient (Wildman–Crippen LogP) is 3.19. The minimum atomic E-state index is -1.13. The molecule has 0 spiro atoms. The van der Waals surface area contributed by atoms with E-state index in [0.717, 1.165) is 27.8 Å². The number of aryl methyl sites for hydroxylation is 1. The van der Waals surface area contributed by atoms with Gasteiger partial charge in [-0.05, 0) is 41.3 Å². The quantitative estimate of drug-likeness (QED) is 0.635. The average Bonchev–Trinajstić information content (AvgIpc) is 2.84. The van der Waals surface area contributed by atoms with E-state index < -0.39 is 5.60 Å². The molecule has 6 nitrogen and oxygen atoms in total. The Hall–Kier alpha value is -3.51. The monoisotopic (exact) mass is 443 g/mol. The lowest BCUT2D eigenvalue weighted by molar-refractivity contribution is -0.165. The molecule has 2 amide bonds. The summed E-state index contributed by atoms with van der Waals surface area (Å²) in [5.41, 5.74) is 4.04. The van der Waals surface area contributed by atoms with Crippen molar-refractivity contribution in [3.8, 4) is 11.1 Å². The van der Waals surface area contributed by atoms with Gasteiger partial charge in [0.05, 0.1) is 19.6 Å². The Morgan fingerprint density at radius 3 is 2.55 bits per heavy atom. The Bertz CT molecular complexity index is 1130. The molecule has 2 heterocycles. The number of morpholine rings is 1. The molecule has 0 radical (unpaired) electrons. The van der Waals surface area contributed by atoms with E-state index in [-0.39, 0.29) is 18.4 Å². The van der Waals surface area contributed by atoms with Crippen LogP contribution >= 0.6 is 0 Å². The van der Waals surface area contributed by atoms with Crippen molar-refractivity contribution in [3.63, 3.8) is 0 Å². The lowest BCUT2D eigenvalue weighted by atomic mass is 9.89. The zero-order valence-corrected chi connectivity index (χ0v) is 19.1. The smallest absolute Gasteiger partial charge is 0.254 e. The van der Waals surface area contributed by atoms with Crippen LogP contribution in [-0.4, -0.2) is 54.0 Å². The van der Waals surface area contributed by atoms with Crippen molar-refractivity contribution in [1.29, 1.82) is 0 Å². The van der Waals surface area contributed by atoms with Gasteiger partial charge in [-0.15, -0.1) is 0 Å². The summed E-state index contributed by atoms with van der Waals surface area (Å²) in [6.07, 6.45) is 4.20. The number of amides is 2. The highest BCUT2D eigenvalue weighted by atomic mass is 16.5. The summed E-state index contributed by atoms with van der Waals surface area (Å²) in [5, 5.41) is 2.75. The summed E-state index contributed by atoms with van der Waals surface area (Å²) < 4.78 is 6.10. The topological polar surface area (TPSA) is 71.5 Å². The van der Waals surface area contributed by atoms with Gasteiger partial charge in [0, 0.05) is 32.4 Å². The van der Waals surface area contributed by atoms with Crippen molar-refractivity contribution in [1.82, 2.24) is 15.2 Å². The molecule has 0 unspecified atom stereocenters. The van der Waals surface area contributed by atoms with Crippen molar-refractivity contribution >= 4 is 11.8 Å². The number of rotatable bonds is 6. The highest BCUT2D eigenvalue weighted by Crippen LogP contribution is 2.27. The molecule has 0 aliphatic carbocycles. The minimum Gasteiger partial charge on any atom is -0.361 e. The number of ether oxygens (including phenoxy) is 1. The van der Waals surface area contributed by atoms with Crippen LogP contribution in [0.15, 0.2) is 73.1 Å². The summed E-state index contributed by atoms with van der Waals surface area (Å²) in [6, 6.07) is 19.9. The number of nitrogens with one attached hydrogen (secondary N) is 1. The normalized spacial score (nSPS) is 18.1. The van der Waals surface area contributed by atoms with Crippen molar-refractivity contribution in [2.24, 2.45) is 0 Å². The SMILES string of the molecule is CNC(=O)[C@]1(Cc2cccc(-c3ccncc3)c2)CN(C(=O)Cc2cccc(C)c2)CCO1. The van der Waals surface area contributed by atoms with E-state index in [0.29, 0.717) is 26.0 Å². The van der Waals surface area contributed by atoms with Gasteiger partial charge in [-0.1, -0.05) is 54.1 Å². The molecule has 1 aliphatic rings. The molecule has 1 N–H and O–H groups in total. The summed E-state index contributed by atoms with van der Waals surface area (Å²) in [4.78, 5) is 32.0. The molecule has 1 atom stereocenters. The fraction of sp³-hybridized carbons (Fsp3) is 0.296. The third kappa shape index (κ3) is 5.29. The van der Waals surface area contributed by atoms with E-state index in [2.05, 4.69) is 16.4 Å². The van der Waals surface area contributed by atoms with E-state index in [1.165, 1.54) is 0 Å². The van der Waals surface area contributed by atoms with E-state index in [9.17, 15) is 9.59 Å². The van der Waals surface area contributed by atoms with Crippen molar-refractivity contribution in [3.05, 3.63) is 89.7 Å². The Morgan fingerprint density at radius 2 is 1.79 bits per heavy atom. The summed E-state index contributed by atoms with van der Waals surface area (Å²) in [7, 11) is 1.61. The molecular weight excluding hydrogens is 414 g/mol. The minimum absolute atomic E-state index is 0.00251. The Labute approximate surface area is 194 Å². The number of nitrogens with zero attached hydrogens (tertiary/aromatic N) is 2. The Morgan fingerprint density at radius 1 is 1.03 bits per heavy atom.